The van der Waals surface area contributed by atoms with Crippen LogP contribution in [-0.2, 0) is 9.59 Å². The van der Waals surface area contributed by atoms with Crippen LogP contribution < -0.4 is 10.6 Å². The number of carbonyl (C=O) groups excluding carboxylic acids is 2. The van der Waals surface area contributed by atoms with Crippen LogP contribution in [0.1, 0.15) is 6.42 Å². The summed E-state index contributed by atoms with van der Waals surface area (Å²) >= 11 is 0. The standard InChI is InChI=1S/C6H7BN2O4/c7-6(13)9-2-1-3(5(11)12)8-4(2)10/h2-3H,1H2,(H,8,10)(H,9,13)(H,11,12). The van der Waals surface area contributed by atoms with Gasteiger partial charge in [-0.15, -0.1) is 0 Å². The maximum absolute atomic E-state index is 11.0. The van der Waals surface area contributed by atoms with Gasteiger partial charge in [-0.1, -0.05) is 0 Å². The van der Waals surface area contributed by atoms with Crippen LogP contribution in [0.2, 0.25) is 0 Å². The third-order valence-corrected chi connectivity index (χ3v) is 1.72. The molecule has 1 rings (SSSR count). The van der Waals surface area contributed by atoms with Gasteiger partial charge in [-0.3, -0.25) is 9.59 Å². The second-order valence-corrected chi connectivity index (χ2v) is 2.70. The van der Waals surface area contributed by atoms with Crippen LogP contribution in [0.3, 0.4) is 0 Å². The first-order valence-electron chi connectivity index (χ1n) is 3.60. The average Bonchev–Trinajstić information content (AvgIpc) is 2.31. The zero-order chi connectivity index (χ0) is 10.0. The molecule has 1 heterocycles. The van der Waals surface area contributed by atoms with E-state index in [0.717, 1.165) is 0 Å². The van der Waals surface area contributed by atoms with Crippen molar-refractivity contribution in [1.29, 1.82) is 0 Å². The number of amides is 2. The molecule has 2 unspecified atom stereocenters. The molecule has 1 aliphatic heterocycles. The van der Waals surface area contributed by atoms with Crippen LogP contribution in [0.4, 0.5) is 4.79 Å². The van der Waals surface area contributed by atoms with Gasteiger partial charge in [0.05, 0.1) is 0 Å². The zero-order valence-corrected chi connectivity index (χ0v) is 6.61. The van der Waals surface area contributed by atoms with E-state index in [9.17, 15) is 14.4 Å². The van der Waals surface area contributed by atoms with E-state index in [2.05, 4.69) is 10.6 Å². The van der Waals surface area contributed by atoms with Gasteiger partial charge >= 0.3 is 5.97 Å². The van der Waals surface area contributed by atoms with Gasteiger partial charge < -0.3 is 15.7 Å². The van der Waals surface area contributed by atoms with E-state index in [-0.39, 0.29) is 6.42 Å². The molecule has 0 spiro atoms. The van der Waals surface area contributed by atoms with E-state index in [1.807, 2.05) is 0 Å². The summed E-state index contributed by atoms with van der Waals surface area (Å²) in [6.45, 7) is 0. The lowest BCUT2D eigenvalue weighted by Gasteiger charge is -2.06. The molecule has 1 saturated heterocycles. The van der Waals surface area contributed by atoms with Gasteiger partial charge in [0.25, 0.3) is 0 Å². The predicted molar refractivity (Wildman–Crippen MR) is 42.3 cm³/mol. The summed E-state index contributed by atoms with van der Waals surface area (Å²) in [5.41, 5.74) is 0. The molecule has 0 aromatic carbocycles. The van der Waals surface area contributed by atoms with Gasteiger partial charge in [-0.05, 0) is 0 Å². The van der Waals surface area contributed by atoms with Crippen LogP contribution in [0, 0.1) is 0 Å². The number of hydrogen-bond donors (Lipinski definition) is 3. The fourth-order valence-corrected chi connectivity index (χ4v) is 1.13. The van der Waals surface area contributed by atoms with Crippen molar-refractivity contribution < 1.29 is 19.5 Å². The van der Waals surface area contributed by atoms with Crippen LogP contribution in [0.25, 0.3) is 0 Å². The van der Waals surface area contributed by atoms with Crippen molar-refractivity contribution in [3.8, 4) is 0 Å². The van der Waals surface area contributed by atoms with Gasteiger partial charge in [0.2, 0.25) is 13.8 Å². The molecule has 0 aromatic rings. The third-order valence-electron chi connectivity index (χ3n) is 1.72. The number of nitrogens with one attached hydrogen (secondary N) is 2. The average molecular weight is 182 g/mol. The lowest BCUT2D eigenvalue weighted by atomic mass is 10.1. The molecule has 68 valence electrons. The van der Waals surface area contributed by atoms with Crippen molar-refractivity contribution in [1.82, 2.24) is 10.6 Å². The van der Waals surface area contributed by atoms with Crippen molar-refractivity contribution in [3.05, 3.63) is 0 Å². The fraction of sp³-hybridized carbons (Fsp3) is 0.500. The molecule has 3 N–H and O–H groups in total. The monoisotopic (exact) mass is 182 g/mol. The van der Waals surface area contributed by atoms with Crippen molar-refractivity contribution in [2.24, 2.45) is 0 Å². The quantitative estimate of drug-likeness (QED) is 0.439. The van der Waals surface area contributed by atoms with Crippen molar-refractivity contribution in [3.63, 3.8) is 0 Å². The Bertz CT molecular complexity index is 267. The fourth-order valence-electron chi connectivity index (χ4n) is 1.13. The number of carboxylic acids is 1. The second kappa shape index (κ2) is 3.46. The van der Waals surface area contributed by atoms with Crippen molar-refractivity contribution in [2.75, 3.05) is 0 Å². The molecule has 6 nitrogen and oxygen atoms in total. The number of carboxylic acid groups (broad SMARTS) is 1. The molecule has 2 radical (unpaired) electrons. The molecular weight excluding hydrogens is 175 g/mol. The molecule has 0 bridgehead atoms. The lowest BCUT2D eigenvalue weighted by molar-refractivity contribution is -0.140. The molecule has 2 atom stereocenters. The molecule has 0 saturated carbocycles. The van der Waals surface area contributed by atoms with Gasteiger partial charge in [-0.2, -0.15) is 0 Å². The van der Waals surface area contributed by atoms with Crippen LogP contribution in [0.15, 0.2) is 0 Å². The summed E-state index contributed by atoms with van der Waals surface area (Å²) in [6, 6.07) is -1.78. The highest BCUT2D eigenvalue weighted by Gasteiger charge is 2.36. The van der Waals surface area contributed by atoms with Crippen LogP contribution >= 0.6 is 0 Å². The van der Waals surface area contributed by atoms with E-state index < -0.39 is 29.8 Å². The number of hydrogen-bond acceptors (Lipinski definition) is 3. The van der Waals surface area contributed by atoms with E-state index in [1.54, 1.807) is 0 Å². The molecule has 1 fully saturated rings. The van der Waals surface area contributed by atoms with Gasteiger partial charge in [0.1, 0.15) is 12.1 Å². The zero-order valence-electron chi connectivity index (χ0n) is 6.61. The third kappa shape index (κ3) is 2.20. The minimum Gasteiger partial charge on any atom is -0.480 e. The highest BCUT2D eigenvalue weighted by Crippen LogP contribution is 2.07. The van der Waals surface area contributed by atoms with E-state index in [4.69, 9.17) is 13.0 Å². The molecule has 2 amide bonds. The van der Waals surface area contributed by atoms with E-state index >= 15 is 0 Å². The Kier molecular flexibility index (Phi) is 2.55. The first kappa shape index (κ1) is 9.56. The Morgan fingerprint density at radius 3 is 2.62 bits per heavy atom. The molecule has 0 aromatic heterocycles. The Balaban J connectivity index is 2.56. The highest BCUT2D eigenvalue weighted by molar-refractivity contribution is 6.57. The molecule has 1 aliphatic rings. The smallest absolute Gasteiger partial charge is 0.326 e. The Morgan fingerprint density at radius 2 is 2.23 bits per heavy atom. The first-order chi connectivity index (χ1) is 6.00. The Labute approximate surface area is 75.1 Å². The Hall–Kier alpha value is -1.53. The van der Waals surface area contributed by atoms with Gasteiger partial charge in [0, 0.05) is 6.42 Å². The summed E-state index contributed by atoms with van der Waals surface area (Å²) in [5, 5.41) is 12.9. The maximum Gasteiger partial charge on any atom is 0.326 e. The lowest BCUT2D eigenvalue weighted by Crippen LogP contribution is -2.39. The summed E-state index contributed by atoms with van der Waals surface area (Å²) in [4.78, 5) is 31.8. The second-order valence-electron chi connectivity index (χ2n) is 2.70. The molecule has 7 heteroatoms. The minimum atomic E-state index is -1.12. The largest absolute Gasteiger partial charge is 0.480 e. The molecular formula is C6H7BN2O4. The van der Waals surface area contributed by atoms with Crippen LogP contribution in [-0.4, -0.2) is 42.7 Å². The number of carbonyl (C=O) groups is 3. The maximum atomic E-state index is 11.0. The summed E-state index contributed by atoms with van der Waals surface area (Å²) in [6.07, 6.45) is 0.0249. The number of rotatable bonds is 2. The van der Waals surface area contributed by atoms with E-state index in [1.165, 1.54) is 0 Å². The highest BCUT2D eigenvalue weighted by atomic mass is 16.4. The van der Waals surface area contributed by atoms with E-state index in [0.29, 0.717) is 0 Å². The number of aliphatic carboxylic acids is 1. The first-order valence-corrected chi connectivity index (χ1v) is 3.60. The minimum absolute atomic E-state index is 0.0249. The van der Waals surface area contributed by atoms with Crippen molar-refractivity contribution in [2.45, 2.75) is 18.5 Å². The van der Waals surface area contributed by atoms with Crippen molar-refractivity contribution >= 4 is 25.5 Å². The normalized spacial score (nSPS) is 26.6. The predicted octanol–water partition coefficient (Wildman–Crippen LogP) is -1.79. The summed E-state index contributed by atoms with van der Waals surface area (Å²) < 4.78 is 0. The summed E-state index contributed by atoms with van der Waals surface area (Å²) in [7, 11) is 4.78. The van der Waals surface area contributed by atoms with Crippen LogP contribution in [0.5, 0.6) is 0 Å². The topological polar surface area (TPSA) is 95.5 Å². The van der Waals surface area contributed by atoms with Gasteiger partial charge in [-0.25, -0.2) is 4.79 Å². The molecule has 0 aliphatic carbocycles. The molecule has 13 heavy (non-hydrogen) atoms. The Morgan fingerprint density at radius 1 is 1.62 bits per heavy atom. The van der Waals surface area contributed by atoms with Gasteiger partial charge in [0.15, 0.2) is 5.81 Å². The summed E-state index contributed by atoms with van der Waals surface area (Å²) in [5.74, 6) is -2.49. The SMILES string of the molecule is [B]C(=O)NC1CC(C(=O)O)NC1=O.